The fourth-order valence-electron chi connectivity index (χ4n) is 2.53. The van der Waals surface area contributed by atoms with Crippen LogP contribution < -0.4 is 0 Å². The number of alkyl halides is 2. The lowest BCUT2D eigenvalue weighted by atomic mass is 10.0. The summed E-state index contributed by atoms with van der Waals surface area (Å²) in [4.78, 5) is 20.2. The molecule has 2 aliphatic heterocycles. The average Bonchev–Trinajstić information content (AvgIpc) is 3.26. The predicted molar refractivity (Wildman–Crippen MR) is 83.9 cm³/mol. The van der Waals surface area contributed by atoms with Crippen LogP contribution in [0.25, 0.3) is 11.0 Å². The topological polar surface area (TPSA) is 128 Å². The number of azo groups is 2. The third kappa shape index (κ3) is 1.98. The highest BCUT2D eigenvalue weighted by molar-refractivity contribution is 6.27. The second-order valence-electron chi connectivity index (χ2n) is 5.02. The van der Waals surface area contributed by atoms with Crippen LogP contribution in [0.1, 0.15) is 21.7 Å². The molecule has 0 aromatic carbocycles. The first-order valence-corrected chi connectivity index (χ1v) is 7.39. The number of nitrogens with zero attached hydrogens (tertiary/aromatic N) is 6. The number of carboxylic acid groups (broad SMARTS) is 1. The first kappa shape index (κ1) is 14.9. The number of carbonyl (C=O) groups is 1. The van der Waals surface area contributed by atoms with Crippen molar-refractivity contribution >= 4 is 40.2 Å². The van der Waals surface area contributed by atoms with Crippen LogP contribution in [-0.4, -0.2) is 26.0 Å². The molecule has 2 aromatic rings. The van der Waals surface area contributed by atoms with E-state index in [1.54, 1.807) is 0 Å². The van der Waals surface area contributed by atoms with E-state index in [-0.39, 0.29) is 22.5 Å². The van der Waals surface area contributed by atoms with Gasteiger partial charge in [0.25, 0.3) is 0 Å². The summed E-state index contributed by atoms with van der Waals surface area (Å²) in [6, 6.07) is 0. The number of carboxylic acids is 1. The average molecular weight is 364 g/mol. The molecule has 2 unspecified atom stereocenters. The van der Waals surface area contributed by atoms with Crippen molar-refractivity contribution in [2.45, 2.75) is 10.00 Å². The SMILES string of the molecule is O=C(O)c1c(C2(Cl)C=CN=N2)nc(C2(Cl)C=CN=N2)c2[nH]cnc12. The van der Waals surface area contributed by atoms with Crippen LogP contribution >= 0.6 is 23.2 Å². The molecule has 0 aliphatic carbocycles. The Kier molecular flexibility index (Phi) is 3.06. The molecule has 0 saturated heterocycles. The van der Waals surface area contributed by atoms with E-state index in [0.717, 1.165) is 0 Å². The number of aromatic amines is 1. The Morgan fingerprint density at radius 3 is 2.25 bits per heavy atom. The normalized spacial score (nSPS) is 27.6. The predicted octanol–water partition coefficient (Wildman–Crippen LogP) is 3.40. The van der Waals surface area contributed by atoms with Crippen molar-refractivity contribution in [3.8, 4) is 0 Å². The number of nitrogens with one attached hydrogen (secondary N) is 1. The fraction of sp³-hybridized carbons (Fsp3) is 0.154. The van der Waals surface area contributed by atoms with Gasteiger partial charge in [0.2, 0.25) is 10.00 Å². The zero-order valence-corrected chi connectivity index (χ0v) is 13.2. The van der Waals surface area contributed by atoms with Crippen molar-refractivity contribution in [3.05, 3.63) is 47.8 Å². The highest BCUT2D eigenvalue weighted by atomic mass is 35.5. The molecular formula is C13H7Cl2N7O2. The van der Waals surface area contributed by atoms with Crippen LogP contribution in [0, 0.1) is 0 Å². The zero-order valence-electron chi connectivity index (χ0n) is 11.7. The molecule has 0 amide bonds. The van der Waals surface area contributed by atoms with E-state index in [1.165, 1.54) is 30.9 Å². The number of H-pyrrole nitrogens is 1. The summed E-state index contributed by atoms with van der Waals surface area (Å²) in [5, 5.41) is 24.9. The molecular weight excluding hydrogens is 357 g/mol. The van der Waals surface area contributed by atoms with Crippen LogP contribution in [0.4, 0.5) is 0 Å². The highest BCUT2D eigenvalue weighted by Gasteiger charge is 2.41. The first-order valence-electron chi connectivity index (χ1n) is 6.63. The van der Waals surface area contributed by atoms with E-state index in [4.69, 9.17) is 23.2 Å². The standard InChI is InChI=1S/C13H7Cl2N7O2/c14-12(1-3-18-21-12)9-6(11(23)24)7-8(17-5-16-7)10(20-9)13(15)2-4-19-22-13/h1-5H,(H,16,17)(H,23,24). The van der Waals surface area contributed by atoms with Crippen molar-refractivity contribution in [2.75, 3.05) is 0 Å². The van der Waals surface area contributed by atoms with Crippen molar-refractivity contribution in [3.63, 3.8) is 0 Å². The Morgan fingerprint density at radius 2 is 1.71 bits per heavy atom. The molecule has 2 N–H and O–H groups in total. The monoisotopic (exact) mass is 363 g/mol. The number of imidazole rings is 1. The molecule has 2 atom stereocenters. The molecule has 0 bridgehead atoms. The van der Waals surface area contributed by atoms with E-state index in [9.17, 15) is 9.90 Å². The molecule has 0 saturated carbocycles. The van der Waals surface area contributed by atoms with Gasteiger partial charge in [0.15, 0.2) is 0 Å². The van der Waals surface area contributed by atoms with Crippen LogP contribution in [0.5, 0.6) is 0 Å². The third-order valence-corrected chi connectivity index (χ3v) is 4.34. The van der Waals surface area contributed by atoms with E-state index >= 15 is 0 Å². The highest BCUT2D eigenvalue weighted by Crippen LogP contribution is 2.43. The van der Waals surface area contributed by atoms with Crippen LogP contribution in [0.2, 0.25) is 0 Å². The third-order valence-electron chi connectivity index (χ3n) is 3.58. The number of hydrogen-bond donors (Lipinski definition) is 2. The molecule has 0 radical (unpaired) electrons. The van der Waals surface area contributed by atoms with E-state index in [0.29, 0.717) is 5.52 Å². The summed E-state index contributed by atoms with van der Waals surface area (Å²) >= 11 is 12.9. The smallest absolute Gasteiger partial charge is 0.340 e. The summed E-state index contributed by atoms with van der Waals surface area (Å²) < 4.78 is 0. The maximum absolute atomic E-state index is 11.8. The number of hydrogen-bond acceptors (Lipinski definition) is 7. The molecule has 2 aromatic heterocycles. The summed E-state index contributed by atoms with van der Waals surface area (Å²) in [6.07, 6.45) is 7.08. The second-order valence-corrected chi connectivity index (χ2v) is 6.18. The van der Waals surface area contributed by atoms with Gasteiger partial charge in [0.1, 0.15) is 22.5 Å². The summed E-state index contributed by atoms with van der Waals surface area (Å²) in [5.41, 5.74) is 0.475. The van der Waals surface area contributed by atoms with Gasteiger partial charge in [-0.1, -0.05) is 23.2 Å². The molecule has 9 nitrogen and oxygen atoms in total. The number of halogens is 2. The van der Waals surface area contributed by atoms with Crippen LogP contribution in [0.15, 0.2) is 51.3 Å². The molecule has 24 heavy (non-hydrogen) atoms. The second kappa shape index (κ2) is 4.92. The molecule has 2 aliphatic rings. The molecule has 120 valence electrons. The summed E-state index contributed by atoms with van der Waals surface area (Å²) in [7, 11) is 0. The van der Waals surface area contributed by atoms with E-state index in [2.05, 4.69) is 35.4 Å². The summed E-state index contributed by atoms with van der Waals surface area (Å²) in [5.74, 6) is -1.25. The van der Waals surface area contributed by atoms with Crippen molar-refractivity contribution < 1.29 is 9.90 Å². The van der Waals surface area contributed by atoms with Gasteiger partial charge in [-0.05, 0) is 12.2 Å². The summed E-state index contributed by atoms with van der Waals surface area (Å²) in [6.45, 7) is 0. The Balaban J connectivity index is 2.11. The van der Waals surface area contributed by atoms with Crippen LogP contribution in [-0.2, 0) is 10.00 Å². The number of aromatic carboxylic acids is 1. The van der Waals surface area contributed by atoms with Gasteiger partial charge < -0.3 is 10.1 Å². The molecule has 11 heteroatoms. The molecule has 4 heterocycles. The maximum atomic E-state index is 11.8. The Bertz CT molecular complexity index is 968. The van der Waals surface area contributed by atoms with E-state index < -0.39 is 16.0 Å². The number of pyridine rings is 1. The molecule has 0 spiro atoms. The lowest BCUT2D eigenvalue weighted by molar-refractivity contribution is 0.0696. The van der Waals surface area contributed by atoms with Gasteiger partial charge in [-0.15, -0.1) is 0 Å². The lowest BCUT2D eigenvalue weighted by Crippen LogP contribution is -2.23. The van der Waals surface area contributed by atoms with Gasteiger partial charge in [-0.2, -0.15) is 20.5 Å². The van der Waals surface area contributed by atoms with Gasteiger partial charge in [0, 0.05) is 12.4 Å². The lowest BCUT2D eigenvalue weighted by Gasteiger charge is -2.21. The zero-order chi connectivity index (χ0) is 16.9. The maximum Gasteiger partial charge on any atom is 0.340 e. The number of rotatable bonds is 3. The van der Waals surface area contributed by atoms with Crippen molar-refractivity contribution in [1.29, 1.82) is 0 Å². The van der Waals surface area contributed by atoms with Gasteiger partial charge in [0.05, 0.1) is 11.8 Å². The van der Waals surface area contributed by atoms with Crippen molar-refractivity contribution in [1.82, 2.24) is 15.0 Å². The minimum absolute atomic E-state index is 0.0423. The first-order chi connectivity index (χ1) is 11.4. The fourth-order valence-corrected chi connectivity index (χ4v) is 3.00. The number of fused-ring (bicyclic) bond motifs is 1. The minimum Gasteiger partial charge on any atom is -0.478 e. The van der Waals surface area contributed by atoms with Gasteiger partial charge in [-0.3, -0.25) is 0 Å². The van der Waals surface area contributed by atoms with Gasteiger partial charge >= 0.3 is 5.97 Å². The quantitative estimate of drug-likeness (QED) is 0.639. The Morgan fingerprint density at radius 1 is 1.08 bits per heavy atom. The number of aromatic nitrogens is 3. The van der Waals surface area contributed by atoms with E-state index in [1.807, 2.05) is 0 Å². The molecule has 4 rings (SSSR count). The minimum atomic E-state index is -1.55. The molecule has 0 fully saturated rings. The Labute approximate surface area is 143 Å². The van der Waals surface area contributed by atoms with Crippen molar-refractivity contribution in [2.24, 2.45) is 20.5 Å². The van der Waals surface area contributed by atoms with Gasteiger partial charge in [-0.25, -0.2) is 14.8 Å². The van der Waals surface area contributed by atoms with Crippen LogP contribution in [0.3, 0.4) is 0 Å². The largest absolute Gasteiger partial charge is 0.478 e. The Hall–Kier alpha value is -2.65.